The topological polar surface area (TPSA) is 186 Å². The number of nitrogens with one attached hydrogen (secondary N) is 3. The van der Waals surface area contributed by atoms with Crippen LogP contribution in [0.1, 0.15) is 70.9 Å². The number of alkyl carbamates (subject to hydrolysis) is 1. The van der Waals surface area contributed by atoms with Crippen LogP contribution < -0.4 is 20.9 Å². The summed E-state index contributed by atoms with van der Waals surface area (Å²) in [4.78, 5) is 72.2. The summed E-state index contributed by atoms with van der Waals surface area (Å²) >= 11 is 2.93. The van der Waals surface area contributed by atoms with Gasteiger partial charge in [-0.2, -0.15) is 27.8 Å². The second-order valence-corrected chi connectivity index (χ2v) is 19.9. The van der Waals surface area contributed by atoms with Crippen molar-refractivity contribution >= 4 is 56.5 Å². The van der Waals surface area contributed by atoms with Gasteiger partial charge >= 0.3 is 6.09 Å². The number of hydrogen-bond donors (Lipinski definition) is 3. The molecule has 1 saturated heterocycles. The minimum Gasteiger partial charge on any atom is -0.446 e. The van der Waals surface area contributed by atoms with E-state index in [2.05, 4.69) is 27.0 Å². The standard InChI is InChI=1S/C42H48N6O8S3/c1-6-28-20-42(28,39(52)46-59(54,55)31-13-11-25(2)12-14-31)45-36(49)33-19-29(22-47(33)38(51)35(41(3,4)5)44-40(53)56-30-9-7-8-10-30)48-37(50)34(27-16-18-58-24-27)32(21-43-48)26-15-17-57-23-26/h6,11-18,21,23-24,28-30,33,35H,1,7-10,19-20,22H2,2-5H3,(H,44,53)(H,45,49)(H,46,52)/t28-,29-,33+,35-,42-/m1/s1. The Morgan fingerprint density at radius 2 is 1.68 bits per heavy atom. The molecule has 3 N–H and O–H groups in total. The summed E-state index contributed by atoms with van der Waals surface area (Å²) in [5.41, 5.74) is 0.466. The van der Waals surface area contributed by atoms with Crippen molar-refractivity contribution in [2.45, 2.75) is 101 Å². The van der Waals surface area contributed by atoms with E-state index in [9.17, 15) is 32.4 Å². The Hall–Kier alpha value is -5.13. The van der Waals surface area contributed by atoms with E-state index in [0.29, 0.717) is 16.7 Å². The molecule has 3 aliphatic rings. The monoisotopic (exact) mass is 860 g/mol. The van der Waals surface area contributed by atoms with Crippen LogP contribution in [0.3, 0.4) is 0 Å². The van der Waals surface area contributed by atoms with Crippen molar-refractivity contribution in [1.82, 2.24) is 30.0 Å². The number of aromatic nitrogens is 2. The number of ether oxygens (including phenoxy) is 1. The Labute approximate surface area is 351 Å². The first-order valence-electron chi connectivity index (χ1n) is 19.6. The lowest BCUT2D eigenvalue weighted by atomic mass is 9.85. The number of thiophene rings is 2. The fraction of sp³-hybridized carbons (Fsp3) is 0.429. The van der Waals surface area contributed by atoms with Gasteiger partial charge < -0.3 is 20.3 Å². The van der Waals surface area contributed by atoms with Crippen molar-refractivity contribution in [3.8, 4) is 22.3 Å². The second-order valence-electron chi connectivity index (χ2n) is 16.6. The van der Waals surface area contributed by atoms with E-state index >= 15 is 0 Å². The van der Waals surface area contributed by atoms with E-state index in [-0.39, 0.29) is 30.4 Å². The van der Waals surface area contributed by atoms with Crippen LogP contribution >= 0.6 is 22.7 Å². The number of amides is 4. The number of sulfonamides is 1. The van der Waals surface area contributed by atoms with Crippen molar-refractivity contribution in [1.29, 1.82) is 0 Å². The normalized spacial score (nSPS) is 22.4. The summed E-state index contributed by atoms with van der Waals surface area (Å²) in [5.74, 6) is -2.90. The van der Waals surface area contributed by atoms with Crippen molar-refractivity contribution < 1.29 is 32.3 Å². The molecule has 17 heteroatoms. The number of rotatable bonds is 12. The first-order chi connectivity index (χ1) is 28.0. The van der Waals surface area contributed by atoms with Crippen LogP contribution in [-0.2, 0) is 29.1 Å². The molecular formula is C42H48N6O8S3. The van der Waals surface area contributed by atoms with Gasteiger partial charge in [-0.15, -0.1) is 6.58 Å². The average Bonchev–Trinajstić information content (AvgIpc) is 3.87. The molecule has 0 unspecified atom stereocenters. The van der Waals surface area contributed by atoms with E-state index < -0.39 is 74.4 Å². The molecule has 2 aliphatic carbocycles. The van der Waals surface area contributed by atoms with E-state index in [1.807, 2.05) is 33.7 Å². The van der Waals surface area contributed by atoms with Crippen LogP contribution in [0.4, 0.5) is 4.79 Å². The maximum absolute atomic E-state index is 14.8. The summed E-state index contributed by atoms with van der Waals surface area (Å²) in [5, 5.41) is 17.7. The minimum atomic E-state index is -4.32. The lowest BCUT2D eigenvalue weighted by Gasteiger charge is -2.35. The largest absolute Gasteiger partial charge is 0.446 e. The van der Waals surface area contributed by atoms with Crippen LogP contribution in [0, 0.1) is 18.3 Å². The summed E-state index contributed by atoms with van der Waals surface area (Å²) < 4.78 is 35.7. The summed E-state index contributed by atoms with van der Waals surface area (Å²) in [6.07, 6.45) is 5.39. The molecule has 0 spiro atoms. The van der Waals surface area contributed by atoms with Gasteiger partial charge in [0.2, 0.25) is 11.8 Å². The van der Waals surface area contributed by atoms with Crippen LogP contribution in [0.5, 0.6) is 0 Å². The molecule has 1 aromatic carbocycles. The number of likely N-dealkylation sites (tertiary alicyclic amines) is 1. The number of carbonyl (C=O) groups is 4. The Kier molecular flexibility index (Phi) is 11.7. The Morgan fingerprint density at radius 3 is 2.27 bits per heavy atom. The predicted molar refractivity (Wildman–Crippen MR) is 225 cm³/mol. The maximum atomic E-state index is 14.8. The number of nitrogens with zero attached hydrogens (tertiary/aromatic N) is 3. The van der Waals surface area contributed by atoms with E-state index in [0.717, 1.165) is 36.8 Å². The van der Waals surface area contributed by atoms with E-state index in [4.69, 9.17) is 4.74 Å². The molecule has 3 aromatic heterocycles. The van der Waals surface area contributed by atoms with E-state index in [1.54, 1.807) is 46.0 Å². The fourth-order valence-electron chi connectivity index (χ4n) is 7.98. The summed E-state index contributed by atoms with van der Waals surface area (Å²) in [7, 11) is -4.32. The predicted octanol–water partition coefficient (Wildman–Crippen LogP) is 5.80. The molecule has 2 saturated carbocycles. The molecule has 0 radical (unpaired) electrons. The van der Waals surface area contributed by atoms with Crippen LogP contribution in [0.25, 0.3) is 22.3 Å². The third kappa shape index (κ3) is 8.64. The van der Waals surface area contributed by atoms with Gasteiger partial charge in [0.25, 0.3) is 21.5 Å². The minimum absolute atomic E-state index is 0.0653. The van der Waals surface area contributed by atoms with Crippen LogP contribution in [0.15, 0.2) is 86.5 Å². The zero-order valence-corrected chi connectivity index (χ0v) is 35.8. The first kappa shape index (κ1) is 42.0. The van der Waals surface area contributed by atoms with Gasteiger partial charge in [0, 0.05) is 24.4 Å². The molecule has 0 bridgehead atoms. The third-order valence-corrected chi connectivity index (χ3v) is 14.1. The molecule has 14 nitrogen and oxygen atoms in total. The zero-order valence-electron chi connectivity index (χ0n) is 33.3. The van der Waals surface area contributed by atoms with Gasteiger partial charge in [-0.25, -0.2) is 22.6 Å². The van der Waals surface area contributed by atoms with Gasteiger partial charge in [-0.3, -0.25) is 19.2 Å². The Bertz CT molecular complexity index is 2400. The van der Waals surface area contributed by atoms with Gasteiger partial charge in [0.05, 0.1) is 22.7 Å². The number of aryl methyl sites for hydroxylation is 1. The number of carbonyl (C=O) groups excluding carboxylic acids is 4. The van der Waals surface area contributed by atoms with Crippen molar-refractivity contribution in [3.05, 3.63) is 92.7 Å². The lowest BCUT2D eigenvalue weighted by molar-refractivity contribution is -0.142. The summed E-state index contributed by atoms with van der Waals surface area (Å²) in [6.45, 7) is 10.8. The SMILES string of the molecule is C=C[C@@H]1C[C@]1(NC(=O)[C@@H]1C[C@@H](n2ncc(-c3ccsc3)c(-c3ccsc3)c2=O)CN1C(=O)[C@@H](NC(=O)OC1CCCC1)C(C)(C)C)C(=O)NS(=O)(=O)c1ccc(C)cc1. The molecule has 3 fully saturated rings. The zero-order chi connectivity index (χ0) is 42.3. The Morgan fingerprint density at radius 1 is 1.02 bits per heavy atom. The lowest BCUT2D eigenvalue weighted by Crippen LogP contribution is -2.60. The molecule has 4 amide bonds. The third-order valence-electron chi connectivity index (χ3n) is 11.4. The highest BCUT2D eigenvalue weighted by atomic mass is 32.2. The van der Waals surface area contributed by atoms with E-state index in [1.165, 1.54) is 50.5 Å². The quantitative estimate of drug-likeness (QED) is 0.148. The average molecular weight is 861 g/mol. The number of hydrogen-bond acceptors (Lipinski definition) is 11. The molecule has 312 valence electrons. The highest BCUT2D eigenvalue weighted by Gasteiger charge is 2.61. The molecule has 7 rings (SSSR count). The van der Waals surface area contributed by atoms with Gasteiger partial charge in [0.15, 0.2) is 0 Å². The highest BCUT2D eigenvalue weighted by Crippen LogP contribution is 2.45. The maximum Gasteiger partial charge on any atom is 0.408 e. The Balaban J connectivity index is 1.22. The van der Waals surface area contributed by atoms with Crippen LogP contribution in [0.2, 0.25) is 0 Å². The smallest absolute Gasteiger partial charge is 0.408 e. The van der Waals surface area contributed by atoms with Crippen molar-refractivity contribution in [2.75, 3.05) is 6.54 Å². The van der Waals surface area contributed by atoms with Crippen molar-refractivity contribution in [2.24, 2.45) is 11.3 Å². The number of benzene rings is 1. The summed E-state index contributed by atoms with van der Waals surface area (Å²) in [6, 6.07) is 6.51. The molecule has 59 heavy (non-hydrogen) atoms. The molecular weight excluding hydrogens is 813 g/mol. The molecule has 4 heterocycles. The fourth-order valence-corrected chi connectivity index (χ4v) is 10.3. The van der Waals surface area contributed by atoms with Crippen LogP contribution in [-0.4, -0.2) is 77.2 Å². The van der Waals surface area contributed by atoms with Crippen molar-refractivity contribution in [3.63, 3.8) is 0 Å². The highest BCUT2D eigenvalue weighted by molar-refractivity contribution is 7.90. The first-order valence-corrected chi connectivity index (χ1v) is 22.9. The molecule has 1 aliphatic heterocycles. The van der Waals surface area contributed by atoms with Gasteiger partial charge in [-0.05, 0) is 101 Å². The van der Waals surface area contributed by atoms with Gasteiger partial charge in [-0.1, -0.05) is 44.5 Å². The second kappa shape index (κ2) is 16.5. The molecule has 4 aromatic rings. The van der Waals surface area contributed by atoms with Gasteiger partial charge in [0.1, 0.15) is 23.7 Å². The molecule has 5 atom stereocenters.